The molecule has 2 aliphatic rings. The van der Waals surface area contributed by atoms with Gasteiger partial charge in [-0.1, -0.05) is 0 Å². The summed E-state index contributed by atoms with van der Waals surface area (Å²) in [5, 5.41) is 3.54. The van der Waals surface area contributed by atoms with E-state index < -0.39 is 0 Å². The fourth-order valence-electron chi connectivity index (χ4n) is 2.83. The largest absolute Gasteiger partial charge is 0.450 e. The van der Waals surface area contributed by atoms with E-state index in [4.69, 9.17) is 4.74 Å². The summed E-state index contributed by atoms with van der Waals surface area (Å²) in [7, 11) is 0. The van der Waals surface area contributed by atoms with Crippen molar-refractivity contribution in [1.82, 2.24) is 10.2 Å². The number of carbonyl (C=O) groups excluding carboxylic acids is 1. The van der Waals surface area contributed by atoms with Gasteiger partial charge in [0, 0.05) is 19.1 Å². The van der Waals surface area contributed by atoms with Crippen LogP contribution in [0, 0.1) is 5.92 Å². The molecule has 2 unspecified atom stereocenters. The van der Waals surface area contributed by atoms with E-state index in [1.807, 2.05) is 11.8 Å². The molecule has 0 radical (unpaired) electrons. The zero-order chi connectivity index (χ0) is 11.4. The van der Waals surface area contributed by atoms with Crippen LogP contribution in [0.1, 0.15) is 32.6 Å². The molecule has 2 aliphatic heterocycles. The summed E-state index contributed by atoms with van der Waals surface area (Å²) in [6, 6.07) is 0.622. The lowest BCUT2D eigenvalue weighted by atomic mass is 9.90. The maximum Gasteiger partial charge on any atom is 0.409 e. The summed E-state index contributed by atoms with van der Waals surface area (Å²) in [5.41, 5.74) is 0. The van der Waals surface area contributed by atoms with Gasteiger partial charge in [-0.15, -0.1) is 0 Å². The Morgan fingerprint density at radius 1 is 1.44 bits per heavy atom. The van der Waals surface area contributed by atoms with Crippen LogP contribution >= 0.6 is 0 Å². The van der Waals surface area contributed by atoms with Crippen molar-refractivity contribution in [2.45, 2.75) is 38.6 Å². The van der Waals surface area contributed by atoms with Crippen molar-refractivity contribution in [3.63, 3.8) is 0 Å². The minimum atomic E-state index is -0.134. The number of hydrogen-bond donors (Lipinski definition) is 1. The minimum Gasteiger partial charge on any atom is -0.450 e. The Hall–Kier alpha value is -0.770. The number of hydrogen-bond acceptors (Lipinski definition) is 3. The highest BCUT2D eigenvalue weighted by atomic mass is 16.6. The maximum absolute atomic E-state index is 11.6. The van der Waals surface area contributed by atoms with Crippen molar-refractivity contribution in [3.8, 4) is 0 Å². The third kappa shape index (κ3) is 2.67. The van der Waals surface area contributed by atoms with Gasteiger partial charge in [0.05, 0.1) is 6.61 Å². The number of ether oxygens (including phenoxy) is 1. The van der Waals surface area contributed by atoms with Gasteiger partial charge in [-0.3, -0.25) is 0 Å². The highest BCUT2D eigenvalue weighted by molar-refractivity contribution is 5.67. The van der Waals surface area contributed by atoms with Crippen LogP contribution in [0.25, 0.3) is 0 Å². The SMILES string of the molecule is CCOC(=O)N1CCCC(C2CCCN2)C1. The second-order valence-electron chi connectivity index (χ2n) is 4.75. The van der Waals surface area contributed by atoms with Gasteiger partial charge < -0.3 is 15.0 Å². The zero-order valence-electron chi connectivity index (χ0n) is 10.1. The Kier molecular flexibility index (Phi) is 4.04. The molecule has 2 heterocycles. The quantitative estimate of drug-likeness (QED) is 0.777. The predicted octanol–water partition coefficient (Wildman–Crippen LogP) is 1.61. The summed E-state index contributed by atoms with van der Waals surface area (Å²) in [6.07, 6.45) is 4.77. The second kappa shape index (κ2) is 5.53. The first-order valence-electron chi connectivity index (χ1n) is 6.46. The highest BCUT2D eigenvalue weighted by Gasteiger charge is 2.31. The van der Waals surface area contributed by atoms with E-state index in [0.717, 1.165) is 26.1 Å². The van der Waals surface area contributed by atoms with Gasteiger partial charge in [-0.05, 0) is 45.1 Å². The Bertz CT molecular complexity index is 239. The Labute approximate surface area is 97.3 Å². The molecule has 16 heavy (non-hydrogen) atoms. The number of likely N-dealkylation sites (tertiary alicyclic amines) is 1. The summed E-state index contributed by atoms with van der Waals surface area (Å²) < 4.78 is 5.06. The lowest BCUT2D eigenvalue weighted by Crippen LogP contribution is -2.46. The molecule has 0 aliphatic carbocycles. The third-order valence-electron chi connectivity index (χ3n) is 3.65. The van der Waals surface area contributed by atoms with Crippen LogP contribution in [0.15, 0.2) is 0 Å². The Balaban J connectivity index is 1.85. The van der Waals surface area contributed by atoms with Crippen molar-refractivity contribution in [3.05, 3.63) is 0 Å². The van der Waals surface area contributed by atoms with Crippen LogP contribution in [-0.2, 0) is 4.74 Å². The number of amides is 1. The molecule has 0 aromatic rings. The molecular weight excluding hydrogens is 204 g/mol. The monoisotopic (exact) mass is 226 g/mol. The van der Waals surface area contributed by atoms with Crippen molar-refractivity contribution in [2.75, 3.05) is 26.2 Å². The van der Waals surface area contributed by atoms with Crippen molar-refractivity contribution in [1.29, 1.82) is 0 Å². The Morgan fingerprint density at radius 2 is 2.31 bits per heavy atom. The first kappa shape index (κ1) is 11.7. The van der Waals surface area contributed by atoms with E-state index in [9.17, 15) is 4.79 Å². The molecule has 2 saturated heterocycles. The summed E-state index contributed by atoms with van der Waals surface area (Å²) >= 11 is 0. The van der Waals surface area contributed by atoms with Crippen LogP contribution in [-0.4, -0.2) is 43.3 Å². The predicted molar refractivity (Wildman–Crippen MR) is 62.3 cm³/mol. The van der Waals surface area contributed by atoms with Crippen molar-refractivity contribution >= 4 is 6.09 Å². The van der Waals surface area contributed by atoms with Crippen LogP contribution < -0.4 is 5.32 Å². The topological polar surface area (TPSA) is 41.6 Å². The van der Waals surface area contributed by atoms with Gasteiger partial charge in [-0.2, -0.15) is 0 Å². The molecule has 2 atom stereocenters. The minimum absolute atomic E-state index is 0.134. The molecule has 0 saturated carbocycles. The van der Waals surface area contributed by atoms with Gasteiger partial charge in [0.15, 0.2) is 0 Å². The lowest BCUT2D eigenvalue weighted by Gasteiger charge is -2.35. The molecule has 0 aromatic carbocycles. The molecule has 0 spiro atoms. The van der Waals surface area contributed by atoms with E-state index in [0.29, 0.717) is 18.6 Å². The third-order valence-corrected chi connectivity index (χ3v) is 3.65. The van der Waals surface area contributed by atoms with E-state index in [1.165, 1.54) is 19.3 Å². The molecule has 2 rings (SSSR count). The van der Waals surface area contributed by atoms with Gasteiger partial charge in [0.2, 0.25) is 0 Å². The molecular formula is C12H22N2O2. The van der Waals surface area contributed by atoms with E-state index in [2.05, 4.69) is 5.32 Å². The van der Waals surface area contributed by atoms with Crippen molar-refractivity contribution < 1.29 is 9.53 Å². The van der Waals surface area contributed by atoms with Crippen molar-refractivity contribution in [2.24, 2.45) is 5.92 Å². The normalized spacial score (nSPS) is 30.4. The van der Waals surface area contributed by atoms with Gasteiger partial charge in [0.1, 0.15) is 0 Å². The van der Waals surface area contributed by atoms with Crippen LogP contribution in [0.5, 0.6) is 0 Å². The number of nitrogens with zero attached hydrogens (tertiary/aromatic N) is 1. The van der Waals surface area contributed by atoms with Crippen LogP contribution in [0.2, 0.25) is 0 Å². The summed E-state index contributed by atoms with van der Waals surface area (Å²) in [5.74, 6) is 0.626. The molecule has 1 amide bonds. The number of nitrogens with one attached hydrogen (secondary N) is 1. The molecule has 1 N–H and O–H groups in total. The average Bonchev–Trinajstić information content (AvgIpc) is 2.83. The molecule has 4 nitrogen and oxygen atoms in total. The van der Waals surface area contributed by atoms with Crippen LogP contribution in [0.3, 0.4) is 0 Å². The van der Waals surface area contributed by atoms with Crippen LogP contribution in [0.4, 0.5) is 4.79 Å². The van der Waals surface area contributed by atoms with E-state index in [1.54, 1.807) is 0 Å². The zero-order valence-corrected chi connectivity index (χ0v) is 10.1. The van der Waals surface area contributed by atoms with Gasteiger partial charge in [-0.25, -0.2) is 4.79 Å². The molecule has 0 bridgehead atoms. The summed E-state index contributed by atoms with van der Waals surface area (Å²) in [4.78, 5) is 13.5. The fourth-order valence-corrected chi connectivity index (χ4v) is 2.83. The number of carbonyl (C=O) groups is 1. The Morgan fingerprint density at radius 3 is 3.00 bits per heavy atom. The maximum atomic E-state index is 11.6. The first-order chi connectivity index (χ1) is 7.81. The number of rotatable bonds is 2. The second-order valence-corrected chi connectivity index (χ2v) is 4.75. The van der Waals surface area contributed by atoms with Gasteiger partial charge >= 0.3 is 6.09 Å². The fraction of sp³-hybridized carbons (Fsp3) is 0.917. The van der Waals surface area contributed by atoms with Gasteiger partial charge in [0.25, 0.3) is 0 Å². The number of piperidine rings is 1. The standard InChI is InChI=1S/C12H22N2O2/c1-2-16-12(15)14-8-4-5-10(9-14)11-6-3-7-13-11/h10-11,13H,2-9H2,1H3. The molecule has 0 aromatic heterocycles. The first-order valence-corrected chi connectivity index (χ1v) is 6.46. The summed E-state index contributed by atoms with van der Waals surface area (Å²) in [6.45, 7) is 5.21. The van der Waals surface area contributed by atoms with E-state index >= 15 is 0 Å². The molecule has 92 valence electrons. The highest BCUT2D eigenvalue weighted by Crippen LogP contribution is 2.24. The van der Waals surface area contributed by atoms with E-state index in [-0.39, 0.29) is 6.09 Å². The molecule has 4 heteroatoms. The lowest BCUT2D eigenvalue weighted by molar-refractivity contribution is 0.0833. The molecule has 2 fully saturated rings. The smallest absolute Gasteiger partial charge is 0.409 e. The average molecular weight is 226 g/mol.